The van der Waals surface area contributed by atoms with E-state index in [9.17, 15) is 43.2 Å². The molecule has 3 rings (SSSR count). The molecule has 0 radical (unpaired) electrons. The van der Waals surface area contributed by atoms with E-state index in [2.05, 4.69) is 0 Å². The third-order valence-electron chi connectivity index (χ3n) is 13.5. The standard InChI is InChI=1S/C64H92N4O15/c1-40(2)33-49(58(72)79-44(9)55(69)66(15)51(35-42(5)6)61(75)82-54(38-47-29-23-19-24-30-47)62(76)78-39-48-31-25-20-26-32-48)67(16)57(71)53(37-46-27-21-18-22-28-46)81-60(74)50(34-41(3)4)65(14)56(70)45(10)80-59(73)52(36-43(7)8)68(17)63(77)83-64(11,12)13/h18-32,40-45,49-54H,33-39H2,1-17H3/t44-,45-,49+,50+,51+,52+,53-,54-/m1/s1. The van der Waals surface area contributed by atoms with E-state index in [0.717, 1.165) is 25.2 Å². The first-order valence-electron chi connectivity index (χ1n) is 28.7. The average Bonchev–Trinajstić information content (AvgIpc) is 3.62. The van der Waals surface area contributed by atoms with Gasteiger partial charge in [-0.2, -0.15) is 0 Å². The minimum Gasteiger partial charge on any atom is -0.458 e. The summed E-state index contributed by atoms with van der Waals surface area (Å²) in [4.78, 5) is 131. The van der Waals surface area contributed by atoms with Crippen LogP contribution >= 0.6 is 0 Å². The maximum absolute atomic E-state index is 14.9. The van der Waals surface area contributed by atoms with Crippen LogP contribution < -0.4 is 0 Å². The molecule has 0 N–H and O–H groups in total. The second-order valence-corrected chi connectivity index (χ2v) is 24.0. The summed E-state index contributed by atoms with van der Waals surface area (Å²) in [5.41, 5.74) is 1.21. The highest BCUT2D eigenvalue weighted by Crippen LogP contribution is 2.24. The van der Waals surface area contributed by atoms with Gasteiger partial charge in [-0.05, 0) is 101 Å². The number of likely N-dealkylation sites (N-methyl/N-ethyl adjacent to an activating group) is 4. The van der Waals surface area contributed by atoms with Crippen molar-refractivity contribution in [3.8, 4) is 0 Å². The van der Waals surface area contributed by atoms with Gasteiger partial charge in [0.05, 0.1) is 0 Å². The molecule has 0 aliphatic heterocycles. The zero-order chi connectivity index (χ0) is 62.5. The largest absolute Gasteiger partial charge is 0.458 e. The normalized spacial score (nSPS) is 14.4. The van der Waals surface area contributed by atoms with E-state index in [1.165, 1.54) is 42.0 Å². The number of hydrogen-bond acceptors (Lipinski definition) is 15. The lowest BCUT2D eigenvalue weighted by molar-refractivity contribution is -0.176. The minimum atomic E-state index is -1.54. The van der Waals surface area contributed by atoms with Crippen LogP contribution in [0.4, 0.5) is 4.79 Å². The van der Waals surface area contributed by atoms with Gasteiger partial charge < -0.3 is 43.1 Å². The molecule has 3 aromatic rings. The van der Waals surface area contributed by atoms with Gasteiger partial charge in [0.2, 0.25) is 6.10 Å². The molecule has 83 heavy (non-hydrogen) atoms. The average molecular weight is 1160 g/mol. The molecule has 0 aliphatic rings. The minimum absolute atomic E-state index is 0.000663. The van der Waals surface area contributed by atoms with Gasteiger partial charge in [-0.1, -0.05) is 146 Å². The molecule has 0 saturated carbocycles. The molecule has 4 amide bonds. The van der Waals surface area contributed by atoms with Crippen LogP contribution in [0.3, 0.4) is 0 Å². The predicted octanol–water partition coefficient (Wildman–Crippen LogP) is 8.80. The predicted molar refractivity (Wildman–Crippen MR) is 313 cm³/mol. The Labute approximate surface area is 492 Å². The molecule has 0 heterocycles. The molecular weight excluding hydrogens is 1060 g/mol. The van der Waals surface area contributed by atoms with Crippen molar-refractivity contribution in [1.82, 2.24) is 19.6 Å². The quantitative estimate of drug-likeness (QED) is 0.0449. The van der Waals surface area contributed by atoms with E-state index in [0.29, 0.717) is 11.1 Å². The second kappa shape index (κ2) is 33.1. The number of rotatable bonds is 30. The van der Waals surface area contributed by atoms with E-state index in [1.54, 1.807) is 87.5 Å². The van der Waals surface area contributed by atoms with Gasteiger partial charge in [-0.15, -0.1) is 0 Å². The summed E-state index contributed by atoms with van der Waals surface area (Å²) in [6.45, 7) is 22.5. The maximum Gasteiger partial charge on any atom is 0.410 e. The summed E-state index contributed by atoms with van der Waals surface area (Å²) in [5, 5.41) is 0. The van der Waals surface area contributed by atoms with Crippen molar-refractivity contribution >= 4 is 53.7 Å². The van der Waals surface area contributed by atoms with Crippen LogP contribution in [0.15, 0.2) is 91.0 Å². The molecule has 0 unspecified atom stereocenters. The van der Waals surface area contributed by atoms with Crippen LogP contribution in [0, 0.1) is 23.7 Å². The van der Waals surface area contributed by atoms with Crippen LogP contribution in [-0.4, -0.2) is 156 Å². The lowest BCUT2D eigenvalue weighted by atomic mass is 10.00. The van der Waals surface area contributed by atoms with Crippen molar-refractivity contribution in [1.29, 1.82) is 0 Å². The number of benzene rings is 3. The Morgan fingerprint density at radius 1 is 0.386 bits per heavy atom. The van der Waals surface area contributed by atoms with Crippen LogP contribution in [-0.2, 0) is 86.2 Å². The van der Waals surface area contributed by atoms with Crippen LogP contribution in [0.1, 0.15) is 132 Å². The van der Waals surface area contributed by atoms with Crippen molar-refractivity contribution in [2.75, 3.05) is 28.2 Å². The SMILES string of the molecule is CC(C)C[C@@H](C(=O)O[C@H](C)C(=O)N(C)[C@@H](CC(C)C)C(=O)O[C@H](Cc1ccccc1)C(=O)N(C)[C@@H](CC(C)C)C(=O)O[C@H](C)C(=O)N(C)[C@@H](CC(C)C)C(=O)O[C@H](Cc1ccccc1)C(=O)OCc1ccccc1)N(C)C(=O)OC(C)(C)C. The smallest absolute Gasteiger partial charge is 0.410 e. The lowest BCUT2D eigenvalue weighted by Crippen LogP contribution is -2.53. The van der Waals surface area contributed by atoms with Gasteiger partial charge in [0.1, 0.15) is 36.4 Å². The molecule has 0 saturated heterocycles. The highest BCUT2D eigenvalue weighted by Gasteiger charge is 2.42. The zero-order valence-corrected chi connectivity index (χ0v) is 52.0. The summed E-state index contributed by atoms with van der Waals surface area (Å²) in [5.74, 6) is -7.25. The highest BCUT2D eigenvalue weighted by molar-refractivity contribution is 5.93. The van der Waals surface area contributed by atoms with Crippen molar-refractivity contribution in [2.45, 2.75) is 189 Å². The van der Waals surface area contributed by atoms with Gasteiger partial charge in [-0.25, -0.2) is 28.8 Å². The summed E-state index contributed by atoms with van der Waals surface area (Å²) in [6, 6.07) is 21.9. The van der Waals surface area contributed by atoms with Crippen LogP contribution in [0.5, 0.6) is 0 Å². The fourth-order valence-corrected chi connectivity index (χ4v) is 9.03. The Bertz CT molecular complexity index is 2590. The number of amides is 4. The summed E-state index contributed by atoms with van der Waals surface area (Å²) >= 11 is 0. The maximum atomic E-state index is 14.9. The molecule has 0 fully saturated rings. The van der Waals surface area contributed by atoms with Crippen molar-refractivity contribution in [3.63, 3.8) is 0 Å². The van der Waals surface area contributed by atoms with Gasteiger partial charge in [0.25, 0.3) is 17.7 Å². The fourth-order valence-electron chi connectivity index (χ4n) is 9.03. The first-order valence-corrected chi connectivity index (χ1v) is 28.7. The topological polar surface area (TPSA) is 222 Å². The zero-order valence-electron chi connectivity index (χ0n) is 52.0. The van der Waals surface area contributed by atoms with E-state index in [4.69, 9.17) is 28.4 Å². The monoisotopic (exact) mass is 1160 g/mol. The van der Waals surface area contributed by atoms with E-state index < -0.39 is 108 Å². The third kappa shape index (κ3) is 23.1. The number of esters is 5. The summed E-state index contributed by atoms with van der Waals surface area (Å²) < 4.78 is 34.7. The van der Waals surface area contributed by atoms with Gasteiger partial charge in [-0.3, -0.25) is 19.3 Å². The summed E-state index contributed by atoms with van der Waals surface area (Å²) in [7, 11) is 5.54. The first-order chi connectivity index (χ1) is 38.8. The molecule has 19 nitrogen and oxygen atoms in total. The highest BCUT2D eigenvalue weighted by atomic mass is 16.6. The van der Waals surface area contributed by atoms with Crippen molar-refractivity contribution in [2.24, 2.45) is 23.7 Å². The molecule has 8 atom stereocenters. The van der Waals surface area contributed by atoms with Crippen LogP contribution in [0.25, 0.3) is 0 Å². The Morgan fingerprint density at radius 2 is 0.687 bits per heavy atom. The van der Waals surface area contributed by atoms with E-state index >= 15 is 0 Å². The first kappa shape index (κ1) is 70.0. The number of hydrogen-bond donors (Lipinski definition) is 0. The Kier molecular flexibility index (Phi) is 27.9. The van der Waals surface area contributed by atoms with Gasteiger partial charge >= 0.3 is 35.9 Å². The molecule has 0 spiro atoms. The number of ether oxygens (including phenoxy) is 6. The van der Waals surface area contributed by atoms with Crippen molar-refractivity contribution in [3.05, 3.63) is 108 Å². The third-order valence-corrected chi connectivity index (χ3v) is 13.5. The number of nitrogens with zero attached hydrogens (tertiary/aromatic N) is 4. The summed E-state index contributed by atoms with van der Waals surface area (Å²) in [6.07, 6.45) is -6.23. The molecule has 3 aromatic carbocycles. The fraction of sp³-hybridized carbons (Fsp3) is 0.578. The Balaban J connectivity index is 1.89. The molecule has 0 bridgehead atoms. The van der Waals surface area contributed by atoms with E-state index in [-0.39, 0.29) is 68.8 Å². The van der Waals surface area contributed by atoms with Gasteiger partial charge in [0, 0.05) is 41.0 Å². The van der Waals surface area contributed by atoms with Gasteiger partial charge in [0.15, 0.2) is 18.3 Å². The lowest BCUT2D eigenvalue weighted by Gasteiger charge is -2.34. The number of carbonyl (C=O) groups is 9. The molecule has 0 aliphatic carbocycles. The Hall–Kier alpha value is -7.31. The second-order valence-electron chi connectivity index (χ2n) is 24.0. The number of carbonyl (C=O) groups excluding carboxylic acids is 9. The molecule has 0 aromatic heterocycles. The molecular formula is C64H92N4O15. The molecule has 19 heteroatoms. The van der Waals surface area contributed by atoms with E-state index in [1.807, 2.05) is 79.7 Å². The molecule has 458 valence electrons. The van der Waals surface area contributed by atoms with Crippen molar-refractivity contribution < 1.29 is 71.6 Å². The Morgan fingerprint density at radius 3 is 1.04 bits per heavy atom. The van der Waals surface area contributed by atoms with Crippen LogP contribution in [0.2, 0.25) is 0 Å².